The van der Waals surface area contributed by atoms with Gasteiger partial charge in [-0.1, -0.05) is 41.9 Å². The van der Waals surface area contributed by atoms with Crippen molar-refractivity contribution in [2.75, 3.05) is 13.1 Å². The summed E-state index contributed by atoms with van der Waals surface area (Å²) in [6.07, 6.45) is 6.99. The number of carbonyl (C=O) groups excluding carboxylic acids is 1. The van der Waals surface area contributed by atoms with Crippen molar-refractivity contribution < 1.29 is 4.79 Å². The smallest absolute Gasteiger partial charge is 0.253 e. The van der Waals surface area contributed by atoms with E-state index < -0.39 is 0 Å². The monoisotopic (exact) mass is 364 g/mol. The fourth-order valence-corrected chi connectivity index (χ4v) is 3.91. The number of rotatable bonds is 3. The number of halogens is 1. The first kappa shape index (κ1) is 17.0. The Morgan fingerprint density at radius 3 is 2.46 bits per heavy atom. The summed E-state index contributed by atoms with van der Waals surface area (Å²) in [5.41, 5.74) is 4.15. The summed E-state index contributed by atoms with van der Waals surface area (Å²) >= 11 is 6.06. The molecule has 1 fully saturated rings. The van der Waals surface area contributed by atoms with Crippen LogP contribution in [0.1, 0.15) is 29.6 Å². The molecular weight excluding hydrogens is 344 g/mol. The van der Waals surface area contributed by atoms with Crippen LogP contribution in [0.25, 0.3) is 11.1 Å². The first-order chi connectivity index (χ1) is 12.7. The summed E-state index contributed by atoms with van der Waals surface area (Å²) < 4.78 is 0. The second-order valence-corrected chi connectivity index (χ2v) is 7.30. The molecule has 0 bridgehead atoms. The second-order valence-electron chi connectivity index (χ2n) is 6.86. The Balaban J connectivity index is 1.41. The van der Waals surface area contributed by atoms with Crippen molar-refractivity contribution in [3.8, 4) is 11.1 Å². The molecule has 0 N–H and O–H groups in total. The van der Waals surface area contributed by atoms with Gasteiger partial charge in [0.2, 0.25) is 0 Å². The highest BCUT2D eigenvalue weighted by atomic mass is 35.5. The number of likely N-dealkylation sites (tertiary alicyclic amines) is 1. The molecule has 0 atom stereocenters. The lowest BCUT2D eigenvalue weighted by Gasteiger charge is -2.32. The molecule has 0 unspecified atom stereocenters. The Bertz CT molecular complexity index is 862. The van der Waals surface area contributed by atoms with Crippen molar-refractivity contribution >= 4 is 23.2 Å². The van der Waals surface area contributed by atoms with Crippen molar-refractivity contribution in [1.29, 1.82) is 0 Å². The maximum atomic E-state index is 12.8. The van der Waals surface area contributed by atoms with Gasteiger partial charge in [0, 0.05) is 47.9 Å². The molecule has 2 aliphatic rings. The van der Waals surface area contributed by atoms with Gasteiger partial charge in [0.05, 0.1) is 0 Å². The molecular formula is C22H21ClN2O. The van der Waals surface area contributed by atoms with E-state index in [2.05, 4.69) is 11.1 Å². The predicted molar refractivity (Wildman–Crippen MR) is 107 cm³/mol. The number of benzene rings is 2. The number of piperidine rings is 1. The minimum absolute atomic E-state index is 0.118. The van der Waals surface area contributed by atoms with E-state index >= 15 is 0 Å². The number of amides is 1. The van der Waals surface area contributed by atoms with Gasteiger partial charge in [-0.15, -0.1) is 0 Å². The Morgan fingerprint density at radius 1 is 1.04 bits per heavy atom. The highest BCUT2D eigenvalue weighted by Gasteiger charge is 2.26. The predicted octanol–water partition coefficient (Wildman–Crippen LogP) is 5.22. The highest BCUT2D eigenvalue weighted by molar-refractivity contribution is 6.30. The van der Waals surface area contributed by atoms with Gasteiger partial charge in [-0.3, -0.25) is 9.79 Å². The summed E-state index contributed by atoms with van der Waals surface area (Å²) in [5, 5.41) is 0.715. The second kappa shape index (κ2) is 7.46. The van der Waals surface area contributed by atoms with E-state index in [0.717, 1.165) is 49.0 Å². The Kier molecular flexibility index (Phi) is 4.89. The summed E-state index contributed by atoms with van der Waals surface area (Å²) in [6, 6.07) is 15.6. The molecule has 2 heterocycles. The third-order valence-electron chi connectivity index (χ3n) is 5.22. The standard InChI is InChI=1S/C22H21ClN2O/c23-20-4-1-3-19(15-20)16-6-8-18(9-7-16)22(26)25-13-10-17(11-14-25)21-5-2-12-24-21/h1-4,6-9,12,15,17H,5,10-11,13-14H2. The maximum absolute atomic E-state index is 12.8. The van der Waals surface area contributed by atoms with Crippen LogP contribution >= 0.6 is 11.6 Å². The normalized spacial score (nSPS) is 17.4. The molecule has 0 aromatic heterocycles. The van der Waals surface area contributed by atoms with E-state index in [9.17, 15) is 4.79 Å². The van der Waals surface area contributed by atoms with Gasteiger partial charge in [-0.2, -0.15) is 0 Å². The largest absolute Gasteiger partial charge is 0.339 e. The lowest BCUT2D eigenvalue weighted by Crippen LogP contribution is -2.40. The fourth-order valence-electron chi connectivity index (χ4n) is 3.72. The molecule has 0 spiro atoms. The van der Waals surface area contributed by atoms with E-state index in [-0.39, 0.29) is 5.91 Å². The van der Waals surface area contributed by atoms with E-state index in [0.29, 0.717) is 10.9 Å². The van der Waals surface area contributed by atoms with Gasteiger partial charge >= 0.3 is 0 Å². The number of allylic oxidation sites excluding steroid dienone is 1. The van der Waals surface area contributed by atoms with Crippen LogP contribution in [-0.4, -0.2) is 29.6 Å². The third kappa shape index (κ3) is 3.58. The van der Waals surface area contributed by atoms with Crippen LogP contribution in [0.3, 0.4) is 0 Å². The number of aliphatic imine (C=N–C) groups is 1. The van der Waals surface area contributed by atoms with Crippen molar-refractivity contribution in [2.45, 2.75) is 19.3 Å². The molecule has 2 aromatic carbocycles. The van der Waals surface area contributed by atoms with Crippen LogP contribution in [-0.2, 0) is 0 Å². The minimum Gasteiger partial charge on any atom is -0.339 e. The van der Waals surface area contributed by atoms with Gasteiger partial charge in [0.15, 0.2) is 0 Å². The van der Waals surface area contributed by atoms with Crippen molar-refractivity contribution in [3.63, 3.8) is 0 Å². The highest BCUT2D eigenvalue weighted by Crippen LogP contribution is 2.26. The molecule has 132 valence electrons. The van der Waals surface area contributed by atoms with E-state index in [1.165, 1.54) is 5.71 Å². The molecule has 0 aliphatic carbocycles. The Labute approximate surface area is 159 Å². The number of nitrogens with zero attached hydrogens (tertiary/aromatic N) is 2. The van der Waals surface area contributed by atoms with Gasteiger partial charge in [-0.05, 0) is 48.2 Å². The van der Waals surface area contributed by atoms with Crippen molar-refractivity contribution in [3.05, 3.63) is 71.4 Å². The first-order valence-corrected chi connectivity index (χ1v) is 9.45. The van der Waals surface area contributed by atoms with Crippen LogP contribution in [0.5, 0.6) is 0 Å². The molecule has 1 saturated heterocycles. The molecule has 26 heavy (non-hydrogen) atoms. The van der Waals surface area contributed by atoms with Gasteiger partial charge in [-0.25, -0.2) is 0 Å². The number of hydrogen-bond acceptors (Lipinski definition) is 2. The maximum Gasteiger partial charge on any atom is 0.253 e. The van der Waals surface area contributed by atoms with E-state index in [4.69, 9.17) is 11.6 Å². The van der Waals surface area contributed by atoms with Gasteiger partial charge in [0.25, 0.3) is 5.91 Å². The fraction of sp³-hybridized carbons (Fsp3) is 0.273. The van der Waals surface area contributed by atoms with Gasteiger partial charge in [0.1, 0.15) is 0 Å². The Morgan fingerprint density at radius 2 is 1.81 bits per heavy atom. The molecule has 1 amide bonds. The summed E-state index contributed by atoms with van der Waals surface area (Å²) in [7, 11) is 0. The lowest BCUT2D eigenvalue weighted by atomic mass is 9.90. The first-order valence-electron chi connectivity index (χ1n) is 9.07. The summed E-state index contributed by atoms with van der Waals surface area (Å²) in [6.45, 7) is 1.61. The number of carbonyl (C=O) groups is 1. The topological polar surface area (TPSA) is 32.7 Å². The molecule has 3 nitrogen and oxygen atoms in total. The molecule has 2 aromatic rings. The molecule has 2 aliphatic heterocycles. The molecule has 0 radical (unpaired) electrons. The van der Waals surface area contributed by atoms with Crippen LogP contribution in [0.4, 0.5) is 0 Å². The molecule has 0 saturated carbocycles. The summed E-state index contributed by atoms with van der Waals surface area (Å²) in [4.78, 5) is 19.2. The van der Waals surface area contributed by atoms with Crippen LogP contribution in [0.2, 0.25) is 5.02 Å². The van der Waals surface area contributed by atoms with Crippen LogP contribution in [0, 0.1) is 5.92 Å². The van der Waals surface area contributed by atoms with Crippen LogP contribution < -0.4 is 0 Å². The zero-order valence-electron chi connectivity index (χ0n) is 14.6. The third-order valence-corrected chi connectivity index (χ3v) is 5.45. The SMILES string of the molecule is O=C(c1ccc(-c2cccc(Cl)c2)cc1)N1CCC(C2=NC=CC2)CC1. The number of hydrogen-bond donors (Lipinski definition) is 0. The van der Waals surface area contributed by atoms with Crippen molar-refractivity contribution in [2.24, 2.45) is 10.9 Å². The molecule has 4 heteroatoms. The average Bonchev–Trinajstić information content (AvgIpc) is 3.23. The zero-order chi connectivity index (χ0) is 17.9. The summed E-state index contributed by atoms with van der Waals surface area (Å²) in [5.74, 6) is 0.645. The average molecular weight is 365 g/mol. The molecule has 4 rings (SSSR count). The Hall–Kier alpha value is -2.39. The van der Waals surface area contributed by atoms with E-state index in [1.54, 1.807) is 0 Å². The van der Waals surface area contributed by atoms with Crippen LogP contribution in [0.15, 0.2) is 65.8 Å². The zero-order valence-corrected chi connectivity index (χ0v) is 15.3. The van der Waals surface area contributed by atoms with Crippen molar-refractivity contribution in [1.82, 2.24) is 4.90 Å². The lowest BCUT2D eigenvalue weighted by molar-refractivity contribution is 0.0710. The quantitative estimate of drug-likeness (QED) is 0.735. The minimum atomic E-state index is 0.118. The van der Waals surface area contributed by atoms with Gasteiger partial charge < -0.3 is 4.90 Å². The van der Waals surface area contributed by atoms with E-state index in [1.807, 2.05) is 59.6 Å².